The van der Waals surface area contributed by atoms with E-state index in [-0.39, 0.29) is 6.79 Å². The average Bonchev–Trinajstić information content (AvgIpc) is 2.72. The molecule has 0 amide bonds. The minimum atomic E-state index is -0.908. The second-order valence-corrected chi connectivity index (χ2v) is 4.21. The Kier molecular flexibility index (Phi) is 2.93. The van der Waals surface area contributed by atoms with Crippen LogP contribution < -0.4 is 15.2 Å². The third-order valence-electron chi connectivity index (χ3n) is 3.05. The van der Waals surface area contributed by atoms with Crippen LogP contribution in [-0.2, 0) is 4.79 Å². The zero-order chi connectivity index (χ0) is 12.6. The van der Waals surface area contributed by atoms with Gasteiger partial charge in [-0.05, 0) is 30.2 Å². The maximum Gasteiger partial charge on any atom is 0.308 e. The molecule has 0 spiro atoms. The lowest BCUT2D eigenvalue weighted by molar-refractivity contribution is -0.141. The molecule has 17 heavy (non-hydrogen) atoms. The molecule has 1 aliphatic heterocycles. The van der Waals surface area contributed by atoms with Crippen molar-refractivity contribution in [2.24, 2.45) is 11.7 Å². The second kappa shape index (κ2) is 4.25. The number of ether oxygens (including phenoxy) is 2. The quantitative estimate of drug-likeness (QED) is 0.831. The summed E-state index contributed by atoms with van der Waals surface area (Å²) in [5, 5.41) is 8.96. The van der Waals surface area contributed by atoms with Crippen LogP contribution in [0.25, 0.3) is 0 Å². The van der Waals surface area contributed by atoms with Crippen LogP contribution in [0.3, 0.4) is 0 Å². The molecule has 0 aromatic heterocycles. The summed E-state index contributed by atoms with van der Waals surface area (Å²) in [4.78, 5) is 10.9. The number of carbonyl (C=O) groups is 1. The highest BCUT2D eigenvalue weighted by Crippen LogP contribution is 2.37. The highest BCUT2D eigenvalue weighted by atomic mass is 16.7. The Bertz CT molecular complexity index is 458. The van der Waals surface area contributed by atoms with Gasteiger partial charge in [0.1, 0.15) is 0 Å². The fourth-order valence-corrected chi connectivity index (χ4v) is 1.84. The summed E-state index contributed by atoms with van der Waals surface area (Å²) in [7, 11) is 0. The zero-order valence-corrected chi connectivity index (χ0v) is 9.77. The maximum absolute atomic E-state index is 10.9. The van der Waals surface area contributed by atoms with Gasteiger partial charge < -0.3 is 20.3 Å². The summed E-state index contributed by atoms with van der Waals surface area (Å²) >= 11 is 0. The number of aliphatic carboxylic acids is 1. The molecule has 0 bridgehead atoms. The number of benzene rings is 1. The van der Waals surface area contributed by atoms with Gasteiger partial charge in [-0.3, -0.25) is 4.79 Å². The average molecular weight is 237 g/mol. The van der Waals surface area contributed by atoms with Crippen LogP contribution in [0.4, 0.5) is 0 Å². The fourth-order valence-electron chi connectivity index (χ4n) is 1.84. The molecular weight excluding hydrogens is 222 g/mol. The van der Waals surface area contributed by atoms with E-state index in [4.69, 9.17) is 20.3 Å². The maximum atomic E-state index is 10.9. The molecule has 1 aliphatic rings. The van der Waals surface area contributed by atoms with Crippen LogP contribution in [0, 0.1) is 12.8 Å². The molecule has 3 N–H and O–H groups in total. The van der Waals surface area contributed by atoms with Crippen molar-refractivity contribution >= 4 is 5.97 Å². The number of rotatable bonds is 3. The van der Waals surface area contributed by atoms with Gasteiger partial charge in [0, 0.05) is 6.04 Å². The van der Waals surface area contributed by atoms with Crippen molar-refractivity contribution < 1.29 is 19.4 Å². The molecule has 0 aliphatic carbocycles. The van der Waals surface area contributed by atoms with E-state index < -0.39 is 17.9 Å². The van der Waals surface area contributed by atoms with Crippen molar-refractivity contribution in [2.75, 3.05) is 6.79 Å². The summed E-state index contributed by atoms with van der Waals surface area (Å²) < 4.78 is 10.5. The predicted molar refractivity (Wildman–Crippen MR) is 61.0 cm³/mol. The van der Waals surface area contributed by atoms with Crippen LogP contribution in [0.15, 0.2) is 12.1 Å². The molecule has 5 heteroatoms. The number of fused-ring (bicyclic) bond motifs is 1. The Hall–Kier alpha value is -1.75. The van der Waals surface area contributed by atoms with E-state index in [1.165, 1.54) is 0 Å². The topological polar surface area (TPSA) is 81.8 Å². The molecule has 5 nitrogen and oxygen atoms in total. The number of hydrogen-bond donors (Lipinski definition) is 2. The van der Waals surface area contributed by atoms with Gasteiger partial charge >= 0.3 is 5.97 Å². The lowest BCUT2D eigenvalue weighted by atomic mass is 9.92. The minimum Gasteiger partial charge on any atom is -0.481 e. The second-order valence-electron chi connectivity index (χ2n) is 4.21. The number of carboxylic acids is 1. The summed E-state index contributed by atoms with van der Waals surface area (Å²) in [6.07, 6.45) is 0. The largest absolute Gasteiger partial charge is 0.481 e. The lowest BCUT2D eigenvalue weighted by Gasteiger charge is -2.19. The van der Waals surface area contributed by atoms with Gasteiger partial charge in [-0.25, -0.2) is 0 Å². The smallest absolute Gasteiger partial charge is 0.308 e. The fraction of sp³-hybridized carbons (Fsp3) is 0.417. The van der Waals surface area contributed by atoms with Gasteiger partial charge in [0.25, 0.3) is 0 Å². The van der Waals surface area contributed by atoms with Crippen molar-refractivity contribution in [3.63, 3.8) is 0 Å². The third-order valence-corrected chi connectivity index (χ3v) is 3.05. The first-order valence-corrected chi connectivity index (χ1v) is 5.39. The van der Waals surface area contributed by atoms with Gasteiger partial charge in [-0.2, -0.15) is 0 Å². The van der Waals surface area contributed by atoms with Crippen molar-refractivity contribution in [3.05, 3.63) is 23.3 Å². The molecule has 2 rings (SSSR count). The van der Waals surface area contributed by atoms with Gasteiger partial charge in [0.2, 0.25) is 6.79 Å². The third kappa shape index (κ3) is 2.06. The van der Waals surface area contributed by atoms with Gasteiger partial charge in [-0.1, -0.05) is 6.92 Å². The Morgan fingerprint density at radius 2 is 2.00 bits per heavy atom. The molecular formula is C12H15NO4. The van der Waals surface area contributed by atoms with Crippen molar-refractivity contribution in [1.29, 1.82) is 0 Å². The molecule has 1 aromatic rings. The summed E-state index contributed by atoms with van der Waals surface area (Å²) in [5.41, 5.74) is 7.65. The lowest BCUT2D eigenvalue weighted by Crippen LogP contribution is -2.26. The van der Waals surface area contributed by atoms with Crippen LogP contribution in [-0.4, -0.2) is 17.9 Å². The standard InChI is InChI=1S/C12H15NO4/c1-6-3-9-10(17-5-16-9)4-8(6)11(13)7(2)12(14)15/h3-4,7,11H,5,13H2,1-2H3,(H,14,15). The van der Waals surface area contributed by atoms with Crippen molar-refractivity contribution in [1.82, 2.24) is 0 Å². The number of aryl methyl sites for hydroxylation is 1. The Morgan fingerprint density at radius 1 is 1.41 bits per heavy atom. The van der Waals surface area contributed by atoms with E-state index in [1.807, 2.05) is 13.0 Å². The van der Waals surface area contributed by atoms with Crippen molar-refractivity contribution in [2.45, 2.75) is 19.9 Å². The number of nitrogens with two attached hydrogens (primary N) is 1. The zero-order valence-electron chi connectivity index (χ0n) is 9.77. The van der Waals surface area contributed by atoms with Gasteiger partial charge in [0.15, 0.2) is 11.5 Å². The SMILES string of the molecule is Cc1cc2c(cc1C(N)C(C)C(=O)O)OCO2. The molecule has 1 heterocycles. The van der Waals surface area contributed by atoms with E-state index in [2.05, 4.69) is 0 Å². The van der Waals surface area contributed by atoms with E-state index in [0.717, 1.165) is 11.1 Å². The summed E-state index contributed by atoms with van der Waals surface area (Å²) in [5.74, 6) is -0.247. The highest BCUT2D eigenvalue weighted by Gasteiger charge is 2.25. The molecule has 1 aromatic carbocycles. The summed E-state index contributed by atoms with van der Waals surface area (Å²) in [6.45, 7) is 3.67. The minimum absolute atomic E-state index is 0.196. The summed E-state index contributed by atoms with van der Waals surface area (Å²) in [6, 6.07) is 3.04. The van der Waals surface area contributed by atoms with E-state index in [9.17, 15) is 4.79 Å². The first kappa shape index (κ1) is 11.7. The van der Waals surface area contributed by atoms with Gasteiger partial charge in [0.05, 0.1) is 5.92 Å². The molecule has 0 saturated carbocycles. The van der Waals surface area contributed by atoms with Crippen LogP contribution >= 0.6 is 0 Å². The predicted octanol–water partition coefficient (Wildman–Crippen LogP) is 1.44. The van der Waals surface area contributed by atoms with Crippen LogP contribution in [0.5, 0.6) is 11.5 Å². The Morgan fingerprint density at radius 3 is 2.59 bits per heavy atom. The Labute approximate surface area is 99.1 Å². The van der Waals surface area contributed by atoms with Crippen molar-refractivity contribution in [3.8, 4) is 11.5 Å². The molecule has 2 unspecified atom stereocenters. The van der Waals surface area contributed by atoms with Crippen LogP contribution in [0.2, 0.25) is 0 Å². The van der Waals surface area contributed by atoms with E-state index in [0.29, 0.717) is 11.5 Å². The van der Waals surface area contributed by atoms with Gasteiger partial charge in [-0.15, -0.1) is 0 Å². The normalized spacial score (nSPS) is 16.6. The molecule has 92 valence electrons. The van der Waals surface area contributed by atoms with E-state index >= 15 is 0 Å². The first-order valence-electron chi connectivity index (χ1n) is 5.39. The monoisotopic (exact) mass is 237 g/mol. The Balaban J connectivity index is 2.35. The van der Waals surface area contributed by atoms with E-state index in [1.54, 1.807) is 13.0 Å². The molecule has 0 fully saturated rings. The highest BCUT2D eigenvalue weighted by molar-refractivity contribution is 5.71. The first-order chi connectivity index (χ1) is 8.00. The van der Waals surface area contributed by atoms with Crippen LogP contribution in [0.1, 0.15) is 24.1 Å². The number of carboxylic acid groups (broad SMARTS) is 1. The molecule has 2 atom stereocenters. The molecule has 0 saturated heterocycles. The molecule has 0 radical (unpaired) electrons. The number of hydrogen-bond acceptors (Lipinski definition) is 4.